The summed E-state index contributed by atoms with van der Waals surface area (Å²) in [4.78, 5) is 0. The Bertz CT molecular complexity index is 98.0. The van der Waals surface area contributed by atoms with Gasteiger partial charge in [-0.3, -0.25) is 0 Å². The highest BCUT2D eigenvalue weighted by atomic mass is 16.7. The molecule has 0 spiro atoms. The summed E-state index contributed by atoms with van der Waals surface area (Å²) in [5.41, 5.74) is 0. The minimum atomic E-state index is 0.0866. The van der Waals surface area contributed by atoms with Crippen molar-refractivity contribution in [2.75, 3.05) is 13.2 Å². The van der Waals surface area contributed by atoms with Gasteiger partial charge in [-0.2, -0.15) is 0 Å². The molecule has 0 aromatic rings. The van der Waals surface area contributed by atoms with E-state index >= 15 is 0 Å². The molecule has 1 heterocycles. The molecule has 1 aliphatic heterocycles. The van der Waals surface area contributed by atoms with E-state index in [1.165, 1.54) is 19.3 Å². The Morgan fingerprint density at radius 1 is 1.08 bits per heavy atom. The Kier molecular flexibility index (Phi) is 5.37. The van der Waals surface area contributed by atoms with Crippen LogP contribution in [-0.4, -0.2) is 19.5 Å². The van der Waals surface area contributed by atoms with Gasteiger partial charge in [0, 0.05) is 0 Å². The predicted molar refractivity (Wildman–Crippen MR) is 48.8 cm³/mol. The van der Waals surface area contributed by atoms with E-state index < -0.39 is 0 Å². The summed E-state index contributed by atoms with van der Waals surface area (Å²) >= 11 is 0. The number of ether oxygens (including phenoxy) is 2. The van der Waals surface area contributed by atoms with Crippen LogP contribution in [0.1, 0.15) is 38.5 Å². The first-order chi connectivity index (χ1) is 5.93. The van der Waals surface area contributed by atoms with Crippen molar-refractivity contribution in [2.24, 2.45) is 0 Å². The lowest BCUT2D eigenvalue weighted by molar-refractivity contribution is -0.181. The van der Waals surface area contributed by atoms with Crippen molar-refractivity contribution >= 4 is 0 Å². The minimum absolute atomic E-state index is 0.0866. The number of unbranched alkanes of at least 4 members (excludes halogenated alkanes) is 3. The zero-order valence-corrected chi connectivity index (χ0v) is 7.76. The van der Waals surface area contributed by atoms with Crippen LogP contribution in [0.3, 0.4) is 0 Å². The highest BCUT2D eigenvalue weighted by molar-refractivity contribution is 4.53. The third-order valence-corrected chi connectivity index (χ3v) is 2.09. The molecule has 0 bridgehead atoms. The Morgan fingerprint density at radius 2 is 1.83 bits per heavy atom. The minimum Gasteiger partial charge on any atom is -0.353 e. The molecular weight excluding hydrogens is 152 g/mol. The van der Waals surface area contributed by atoms with Crippen LogP contribution in [0, 0.1) is 6.92 Å². The monoisotopic (exact) mass is 171 g/mol. The van der Waals surface area contributed by atoms with Crippen LogP contribution >= 0.6 is 0 Å². The van der Waals surface area contributed by atoms with Gasteiger partial charge in [0.25, 0.3) is 0 Å². The zero-order chi connectivity index (χ0) is 8.65. The van der Waals surface area contributed by atoms with Crippen LogP contribution in [0.25, 0.3) is 0 Å². The van der Waals surface area contributed by atoms with Gasteiger partial charge >= 0.3 is 0 Å². The average Bonchev–Trinajstić information content (AvgIpc) is 2.14. The third kappa shape index (κ3) is 4.07. The van der Waals surface area contributed by atoms with E-state index in [0.717, 1.165) is 32.5 Å². The van der Waals surface area contributed by atoms with Crippen LogP contribution in [0.4, 0.5) is 0 Å². The molecule has 1 rings (SSSR count). The fraction of sp³-hybridized carbons (Fsp3) is 0.900. The first-order valence-corrected chi connectivity index (χ1v) is 4.96. The van der Waals surface area contributed by atoms with Gasteiger partial charge in [-0.25, -0.2) is 0 Å². The molecule has 1 fully saturated rings. The lowest BCUT2D eigenvalue weighted by Crippen LogP contribution is -2.24. The Labute approximate surface area is 75.2 Å². The molecule has 1 aliphatic rings. The molecule has 71 valence electrons. The second-order valence-electron chi connectivity index (χ2n) is 3.23. The lowest BCUT2D eigenvalue weighted by Gasteiger charge is -2.22. The zero-order valence-electron chi connectivity index (χ0n) is 7.76. The number of hydrogen-bond acceptors (Lipinski definition) is 2. The quantitative estimate of drug-likeness (QED) is 0.592. The Hall–Kier alpha value is -0.0800. The van der Waals surface area contributed by atoms with Gasteiger partial charge in [0.15, 0.2) is 6.29 Å². The summed E-state index contributed by atoms with van der Waals surface area (Å²) in [6.07, 6.45) is 6.94. The summed E-state index contributed by atoms with van der Waals surface area (Å²) in [7, 11) is 0. The Morgan fingerprint density at radius 3 is 2.50 bits per heavy atom. The highest BCUT2D eigenvalue weighted by Gasteiger charge is 2.12. The van der Waals surface area contributed by atoms with Gasteiger partial charge in [-0.15, -0.1) is 0 Å². The standard InChI is InChI=1S/C10H19O2/c1-2-3-4-5-7-10-11-8-6-9-12-10/h10H,1-9H2. The molecule has 12 heavy (non-hydrogen) atoms. The molecule has 2 nitrogen and oxygen atoms in total. The first-order valence-electron chi connectivity index (χ1n) is 4.96. The van der Waals surface area contributed by atoms with Crippen LogP contribution in [0.5, 0.6) is 0 Å². The molecule has 0 aromatic carbocycles. The molecule has 0 aliphatic carbocycles. The number of rotatable bonds is 5. The topological polar surface area (TPSA) is 18.5 Å². The molecule has 0 aromatic heterocycles. The van der Waals surface area contributed by atoms with E-state index in [4.69, 9.17) is 9.47 Å². The predicted octanol–water partition coefficient (Wildman–Crippen LogP) is 2.53. The van der Waals surface area contributed by atoms with Gasteiger partial charge in [0.1, 0.15) is 0 Å². The van der Waals surface area contributed by atoms with E-state index in [0.29, 0.717) is 0 Å². The normalized spacial score (nSPS) is 19.8. The van der Waals surface area contributed by atoms with Gasteiger partial charge < -0.3 is 9.47 Å². The summed E-state index contributed by atoms with van der Waals surface area (Å²) in [5, 5.41) is 0. The molecule has 0 saturated carbocycles. The van der Waals surface area contributed by atoms with Crippen LogP contribution < -0.4 is 0 Å². The second kappa shape index (κ2) is 6.44. The van der Waals surface area contributed by atoms with Crippen molar-refractivity contribution < 1.29 is 9.47 Å². The molecule has 0 amide bonds. The smallest absolute Gasteiger partial charge is 0.157 e. The molecule has 1 radical (unpaired) electrons. The molecule has 0 unspecified atom stereocenters. The van der Waals surface area contributed by atoms with Crippen molar-refractivity contribution in [2.45, 2.75) is 44.8 Å². The fourth-order valence-corrected chi connectivity index (χ4v) is 1.37. The van der Waals surface area contributed by atoms with Gasteiger partial charge in [-0.05, 0) is 19.3 Å². The summed E-state index contributed by atoms with van der Waals surface area (Å²) in [6, 6.07) is 0. The van der Waals surface area contributed by atoms with E-state index in [2.05, 4.69) is 6.92 Å². The maximum atomic E-state index is 5.42. The second-order valence-corrected chi connectivity index (χ2v) is 3.23. The van der Waals surface area contributed by atoms with E-state index in [-0.39, 0.29) is 6.29 Å². The van der Waals surface area contributed by atoms with E-state index in [1.54, 1.807) is 0 Å². The van der Waals surface area contributed by atoms with Gasteiger partial charge in [0.05, 0.1) is 13.2 Å². The van der Waals surface area contributed by atoms with Gasteiger partial charge in [-0.1, -0.05) is 26.2 Å². The Balaban J connectivity index is 1.91. The molecular formula is C10H19O2. The number of hydrogen-bond donors (Lipinski definition) is 0. The lowest BCUT2D eigenvalue weighted by atomic mass is 10.1. The van der Waals surface area contributed by atoms with Crippen LogP contribution in [-0.2, 0) is 9.47 Å². The van der Waals surface area contributed by atoms with Crippen molar-refractivity contribution in [1.29, 1.82) is 0 Å². The highest BCUT2D eigenvalue weighted by Crippen LogP contribution is 2.12. The van der Waals surface area contributed by atoms with Crippen molar-refractivity contribution in [3.05, 3.63) is 6.92 Å². The molecule has 0 N–H and O–H groups in total. The molecule has 0 atom stereocenters. The SMILES string of the molecule is [CH2]CCCCCC1OCCCO1. The van der Waals surface area contributed by atoms with Crippen LogP contribution in [0.2, 0.25) is 0 Å². The van der Waals surface area contributed by atoms with Crippen LogP contribution in [0.15, 0.2) is 0 Å². The molecule has 2 heteroatoms. The van der Waals surface area contributed by atoms with Crippen molar-refractivity contribution in [3.8, 4) is 0 Å². The van der Waals surface area contributed by atoms with Crippen molar-refractivity contribution in [3.63, 3.8) is 0 Å². The summed E-state index contributed by atoms with van der Waals surface area (Å²) in [5.74, 6) is 0. The summed E-state index contributed by atoms with van der Waals surface area (Å²) < 4.78 is 10.8. The third-order valence-electron chi connectivity index (χ3n) is 2.09. The molecule has 1 saturated heterocycles. The average molecular weight is 171 g/mol. The largest absolute Gasteiger partial charge is 0.353 e. The van der Waals surface area contributed by atoms with E-state index in [1.807, 2.05) is 0 Å². The van der Waals surface area contributed by atoms with E-state index in [9.17, 15) is 0 Å². The summed E-state index contributed by atoms with van der Waals surface area (Å²) in [6.45, 7) is 5.56. The van der Waals surface area contributed by atoms with Gasteiger partial charge in [0.2, 0.25) is 0 Å². The fourth-order valence-electron chi connectivity index (χ4n) is 1.37. The first kappa shape index (κ1) is 10.0. The maximum absolute atomic E-state index is 5.42. The maximum Gasteiger partial charge on any atom is 0.157 e. The van der Waals surface area contributed by atoms with Crippen molar-refractivity contribution in [1.82, 2.24) is 0 Å².